The van der Waals surface area contributed by atoms with Crippen LogP contribution in [0.1, 0.15) is 30.5 Å². The molecule has 0 spiro atoms. The molecular formula is C28H35N3O5. The lowest BCUT2D eigenvalue weighted by molar-refractivity contribution is -0.140. The molecule has 4 rings (SSSR count). The van der Waals surface area contributed by atoms with Crippen molar-refractivity contribution in [3.05, 3.63) is 65.2 Å². The molecule has 2 heterocycles. The molecule has 0 radical (unpaired) electrons. The Bertz CT molecular complexity index is 1110. The molecule has 0 saturated carbocycles. The molecule has 36 heavy (non-hydrogen) atoms. The average molecular weight is 494 g/mol. The molecule has 0 bridgehead atoms. The van der Waals surface area contributed by atoms with Gasteiger partial charge in [-0.1, -0.05) is 24.3 Å². The van der Waals surface area contributed by atoms with Gasteiger partial charge >= 0.3 is 0 Å². The van der Waals surface area contributed by atoms with Gasteiger partial charge in [-0.15, -0.1) is 0 Å². The third-order valence-electron chi connectivity index (χ3n) is 6.66. The fourth-order valence-electron chi connectivity index (χ4n) is 4.76. The van der Waals surface area contributed by atoms with Gasteiger partial charge < -0.3 is 24.4 Å². The van der Waals surface area contributed by atoms with Crippen LogP contribution >= 0.6 is 0 Å². The van der Waals surface area contributed by atoms with Crippen molar-refractivity contribution < 1.29 is 24.2 Å². The SMILES string of the molecule is CCOc1cccc(C(O)=C2C(=O)C(=O)N(CCCN3CCOCC3)C2c2ccc(N(C)C)cc2)c1. The van der Waals surface area contributed by atoms with Gasteiger partial charge in [-0.3, -0.25) is 14.5 Å². The van der Waals surface area contributed by atoms with Crippen LogP contribution in [0.15, 0.2) is 54.1 Å². The summed E-state index contributed by atoms with van der Waals surface area (Å²) >= 11 is 0. The summed E-state index contributed by atoms with van der Waals surface area (Å²) in [4.78, 5) is 32.4. The second-order valence-electron chi connectivity index (χ2n) is 9.25. The number of anilines is 1. The molecule has 0 aliphatic carbocycles. The van der Waals surface area contributed by atoms with Crippen LogP contribution in [0.5, 0.6) is 5.75 Å². The minimum Gasteiger partial charge on any atom is -0.507 e. The number of Topliss-reactive ketones (excluding diaryl/α,β-unsaturated/α-hetero) is 1. The Morgan fingerprint density at radius 2 is 1.81 bits per heavy atom. The number of hydrogen-bond acceptors (Lipinski definition) is 7. The highest BCUT2D eigenvalue weighted by atomic mass is 16.5. The lowest BCUT2D eigenvalue weighted by Crippen LogP contribution is -2.38. The highest BCUT2D eigenvalue weighted by molar-refractivity contribution is 6.46. The first-order chi connectivity index (χ1) is 17.4. The van der Waals surface area contributed by atoms with E-state index < -0.39 is 17.7 Å². The quantitative estimate of drug-likeness (QED) is 0.326. The Morgan fingerprint density at radius 1 is 1.08 bits per heavy atom. The minimum absolute atomic E-state index is 0.109. The molecule has 2 aromatic rings. The molecule has 2 saturated heterocycles. The molecule has 2 fully saturated rings. The van der Waals surface area contributed by atoms with Crippen LogP contribution in [0.3, 0.4) is 0 Å². The van der Waals surface area contributed by atoms with E-state index in [0.29, 0.717) is 37.7 Å². The maximum Gasteiger partial charge on any atom is 0.295 e. The van der Waals surface area contributed by atoms with Crippen LogP contribution in [0.25, 0.3) is 5.76 Å². The highest BCUT2D eigenvalue weighted by Crippen LogP contribution is 2.40. The number of nitrogens with zero attached hydrogens (tertiary/aromatic N) is 3. The van der Waals surface area contributed by atoms with Gasteiger partial charge in [-0.2, -0.15) is 0 Å². The lowest BCUT2D eigenvalue weighted by atomic mass is 9.95. The first kappa shape index (κ1) is 25.7. The molecule has 2 aromatic carbocycles. The first-order valence-corrected chi connectivity index (χ1v) is 12.5. The van der Waals surface area contributed by atoms with Gasteiger partial charge in [0, 0.05) is 51.5 Å². The summed E-state index contributed by atoms with van der Waals surface area (Å²) in [5, 5.41) is 11.3. The molecule has 1 unspecified atom stereocenters. The number of ketones is 1. The number of likely N-dealkylation sites (tertiary alicyclic amines) is 1. The first-order valence-electron chi connectivity index (χ1n) is 12.5. The minimum atomic E-state index is -0.665. The predicted octanol–water partition coefficient (Wildman–Crippen LogP) is 3.30. The van der Waals surface area contributed by atoms with Crippen molar-refractivity contribution in [1.82, 2.24) is 9.80 Å². The van der Waals surface area contributed by atoms with Crippen molar-refractivity contribution in [2.45, 2.75) is 19.4 Å². The summed E-state index contributed by atoms with van der Waals surface area (Å²) < 4.78 is 11.0. The van der Waals surface area contributed by atoms with Crippen molar-refractivity contribution >= 4 is 23.1 Å². The lowest BCUT2D eigenvalue weighted by Gasteiger charge is -2.29. The van der Waals surface area contributed by atoms with Crippen LogP contribution in [-0.4, -0.2) is 86.7 Å². The summed E-state index contributed by atoms with van der Waals surface area (Å²) in [5.74, 6) is -0.844. The van der Waals surface area contributed by atoms with Crippen LogP contribution in [0.4, 0.5) is 5.69 Å². The fourth-order valence-corrected chi connectivity index (χ4v) is 4.76. The van der Waals surface area contributed by atoms with Crippen molar-refractivity contribution in [3.63, 3.8) is 0 Å². The normalized spacial score (nSPS) is 20.1. The molecule has 0 aromatic heterocycles. The van der Waals surface area contributed by atoms with Crippen molar-refractivity contribution in [2.24, 2.45) is 0 Å². The summed E-state index contributed by atoms with van der Waals surface area (Å²) in [5.41, 5.74) is 2.35. The van der Waals surface area contributed by atoms with Gasteiger partial charge in [0.05, 0.1) is 31.4 Å². The van der Waals surface area contributed by atoms with E-state index in [2.05, 4.69) is 4.90 Å². The molecule has 1 N–H and O–H groups in total. The van der Waals surface area contributed by atoms with Gasteiger partial charge in [-0.25, -0.2) is 0 Å². The zero-order valence-electron chi connectivity index (χ0n) is 21.3. The van der Waals surface area contributed by atoms with E-state index in [1.54, 1.807) is 29.2 Å². The molecule has 1 amide bonds. The van der Waals surface area contributed by atoms with Crippen molar-refractivity contribution in [1.29, 1.82) is 0 Å². The number of rotatable bonds is 9. The van der Waals surface area contributed by atoms with E-state index in [9.17, 15) is 14.7 Å². The van der Waals surface area contributed by atoms with Crippen LogP contribution in [0, 0.1) is 0 Å². The van der Waals surface area contributed by atoms with Crippen LogP contribution in [-0.2, 0) is 14.3 Å². The number of ether oxygens (including phenoxy) is 2. The van der Waals surface area contributed by atoms with Gasteiger partial charge in [0.15, 0.2) is 0 Å². The van der Waals surface area contributed by atoms with Crippen molar-refractivity contribution in [2.75, 3.05) is 65.0 Å². The van der Waals surface area contributed by atoms with Gasteiger partial charge in [0.1, 0.15) is 11.5 Å². The fraction of sp³-hybridized carbons (Fsp3) is 0.429. The topological polar surface area (TPSA) is 82.5 Å². The maximum atomic E-state index is 13.3. The Hall–Kier alpha value is -3.36. The van der Waals surface area contributed by atoms with Crippen molar-refractivity contribution in [3.8, 4) is 5.75 Å². The third-order valence-corrected chi connectivity index (χ3v) is 6.66. The molecule has 2 aliphatic heterocycles. The molecule has 1 atom stereocenters. The van der Waals surface area contributed by atoms with Crippen LogP contribution < -0.4 is 9.64 Å². The largest absolute Gasteiger partial charge is 0.507 e. The number of carbonyl (C=O) groups is 2. The highest BCUT2D eigenvalue weighted by Gasteiger charge is 2.45. The Morgan fingerprint density at radius 3 is 2.47 bits per heavy atom. The number of morpholine rings is 1. The zero-order chi connectivity index (χ0) is 25.7. The zero-order valence-corrected chi connectivity index (χ0v) is 21.3. The smallest absolute Gasteiger partial charge is 0.295 e. The van der Waals surface area contributed by atoms with Crippen LogP contribution in [0.2, 0.25) is 0 Å². The summed E-state index contributed by atoms with van der Waals surface area (Å²) in [6.07, 6.45) is 0.721. The molecule has 8 nitrogen and oxygen atoms in total. The number of benzene rings is 2. The Labute approximate surface area is 212 Å². The van der Waals surface area contributed by atoms with Gasteiger partial charge in [-0.05, 0) is 43.2 Å². The number of aliphatic hydroxyl groups is 1. The maximum absolute atomic E-state index is 13.3. The predicted molar refractivity (Wildman–Crippen MR) is 139 cm³/mol. The molecule has 192 valence electrons. The number of amides is 1. The van der Waals surface area contributed by atoms with E-state index in [1.807, 2.05) is 50.2 Å². The van der Waals surface area contributed by atoms with Gasteiger partial charge in [0.2, 0.25) is 0 Å². The summed E-state index contributed by atoms with van der Waals surface area (Å²) in [7, 11) is 3.91. The summed E-state index contributed by atoms with van der Waals surface area (Å²) in [6, 6.07) is 14.1. The number of carbonyl (C=O) groups excluding carboxylic acids is 2. The average Bonchev–Trinajstić information content (AvgIpc) is 3.14. The van der Waals surface area contributed by atoms with E-state index in [-0.39, 0.29) is 11.3 Å². The van der Waals surface area contributed by atoms with E-state index in [1.165, 1.54) is 0 Å². The second kappa shape index (κ2) is 11.6. The van der Waals surface area contributed by atoms with E-state index >= 15 is 0 Å². The molecule has 8 heteroatoms. The van der Waals surface area contributed by atoms with Gasteiger partial charge in [0.25, 0.3) is 11.7 Å². The number of aliphatic hydroxyl groups excluding tert-OH is 1. The van der Waals surface area contributed by atoms with E-state index in [0.717, 1.165) is 37.3 Å². The monoisotopic (exact) mass is 493 g/mol. The Kier molecular flexibility index (Phi) is 8.28. The third kappa shape index (κ3) is 5.55. The number of hydrogen-bond donors (Lipinski definition) is 1. The Balaban J connectivity index is 1.69. The molecular weight excluding hydrogens is 458 g/mol. The summed E-state index contributed by atoms with van der Waals surface area (Å²) in [6.45, 7) is 6.75. The van der Waals surface area contributed by atoms with E-state index in [4.69, 9.17) is 9.47 Å². The standard InChI is InChI=1S/C28H35N3O5/c1-4-36-23-8-5-7-21(19-23)26(32)24-25(20-9-11-22(12-10-20)29(2)3)31(28(34)27(24)33)14-6-13-30-15-17-35-18-16-30/h5,7-12,19,25,32H,4,6,13-18H2,1-3H3. The molecule has 2 aliphatic rings. The second-order valence-corrected chi connectivity index (χ2v) is 9.25.